The maximum Gasteiger partial charge on any atom is 0.178 e. The molecule has 4 aliphatic carbocycles. The van der Waals surface area contributed by atoms with Gasteiger partial charge in [-0.2, -0.15) is 0 Å². The van der Waals surface area contributed by atoms with Crippen molar-refractivity contribution in [2.75, 3.05) is 0 Å². The van der Waals surface area contributed by atoms with E-state index >= 15 is 0 Å². The van der Waals surface area contributed by atoms with E-state index in [-0.39, 0.29) is 22.4 Å². The minimum absolute atomic E-state index is 0.0676. The molecule has 0 aromatic rings. The van der Waals surface area contributed by atoms with E-state index in [1.54, 1.807) is 12.2 Å². The van der Waals surface area contributed by atoms with Gasteiger partial charge in [-0.25, -0.2) is 0 Å². The fourth-order valence-corrected chi connectivity index (χ4v) is 6.25. The molecule has 128 valence electrons. The van der Waals surface area contributed by atoms with Gasteiger partial charge in [0.25, 0.3) is 0 Å². The summed E-state index contributed by atoms with van der Waals surface area (Å²) in [7, 11) is 0. The quantitative estimate of drug-likeness (QED) is 0.803. The average Bonchev–Trinajstić information content (AvgIpc) is 2.81. The van der Waals surface area contributed by atoms with Gasteiger partial charge < -0.3 is 5.11 Å². The molecular weight excluding hydrogens is 300 g/mol. The number of ketones is 2. The van der Waals surface area contributed by atoms with E-state index in [9.17, 15) is 14.7 Å². The van der Waals surface area contributed by atoms with Crippen LogP contribution in [0.3, 0.4) is 0 Å². The Morgan fingerprint density at radius 3 is 2.58 bits per heavy atom. The van der Waals surface area contributed by atoms with E-state index in [1.165, 1.54) is 6.92 Å². The first kappa shape index (κ1) is 16.0. The van der Waals surface area contributed by atoms with Gasteiger partial charge in [-0.15, -0.1) is 0 Å². The van der Waals surface area contributed by atoms with Crippen LogP contribution in [-0.4, -0.2) is 22.3 Å². The first-order chi connectivity index (χ1) is 11.2. The van der Waals surface area contributed by atoms with E-state index < -0.39 is 5.60 Å². The smallest absolute Gasteiger partial charge is 0.178 e. The molecule has 6 atom stereocenters. The third-order valence-corrected chi connectivity index (χ3v) is 7.85. The van der Waals surface area contributed by atoms with Gasteiger partial charge in [-0.3, -0.25) is 9.59 Å². The molecule has 3 heteroatoms. The van der Waals surface area contributed by atoms with Crippen LogP contribution in [0, 0.1) is 28.6 Å². The van der Waals surface area contributed by atoms with Gasteiger partial charge in [0, 0.05) is 10.8 Å². The monoisotopic (exact) mass is 326 g/mol. The summed E-state index contributed by atoms with van der Waals surface area (Å²) in [5, 5.41) is 11.1. The molecule has 24 heavy (non-hydrogen) atoms. The van der Waals surface area contributed by atoms with Crippen molar-refractivity contribution in [3.05, 3.63) is 36.0 Å². The number of allylic oxidation sites excluding steroid dienone is 6. The van der Waals surface area contributed by atoms with Crippen LogP contribution in [0.5, 0.6) is 0 Å². The normalized spacial score (nSPS) is 49.2. The summed E-state index contributed by atoms with van der Waals surface area (Å²) < 4.78 is 0. The van der Waals surface area contributed by atoms with E-state index in [0.717, 1.165) is 24.8 Å². The molecule has 0 aliphatic heterocycles. The summed E-state index contributed by atoms with van der Waals surface area (Å²) in [4.78, 5) is 23.9. The van der Waals surface area contributed by atoms with Crippen LogP contribution in [0.4, 0.5) is 0 Å². The maximum absolute atomic E-state index is 12.2. The molecule has 0 amide bonds. The molecule has 0 spiro atoms. The first-order valence-corrected chi connectivity index (χ1v) is 9.09. The molecule has 0 heterocycles. The Bertz CT molecular complexity index is 715. The second-order valence-corrected chi connectivity index (χ2v) is 8.68. The lowest BCUT2D eigenvalue weighted by atomic mass is 9.49. The van der Waals surface area contributed by atoms with Crippen molar-refractivity contribution in [1.82, 2.24) is 0 Å². The van der Waals surface area contributed by atoms with Gasteiger partial charge in [0.2, 0.25) is 0 Å². The average molecular weight is 326 g/mol. The lowest BCUT2D eigenvalue weighted by Gasteiger charge is -2.55. The Kier molecular flexibility index (Phi) is 3.19. The molecule has 0 aromatic heterocycles. The van der Waals surface area contributed by atoms with Crippen LogP contribution >= 0.6 is 0 Å². The number of carbonyl (C=O) groups is 2. The molecule has 0 saturated heterocycles. The van der Waals surface area contributed by atoms with E-state index in [2.05, 4.69) is 32.1 Å². The van der Waals surface area contributed by atoms with Crippen LogP contribution in [-0.2, 0) is 9.59 Å². The highest BCUT2D eigenvalue weighted by atomic mass is 16.3. The molecular formula is C21H26O3. The Morgan fingerprint density at radius 2 is 1.88 bits per heavy atom. The second kappa shape index (κ2) is 4.78. The molecule has 0 aromatic carbocycles. The molecule has 0 bridgehead atoms. The minimum Gasteiger partial charge on any atom is -0.382 e. The Morgan fingerprint density at radius 1 is 1.17 bits per heavy atom. The molecule has 4 aliphatic rings. The molecule has 2 fully saturated rings. The Balaban J connectivity index is 1.77. The van der Waals surface area contributed by atoms with Crippen LogP contribution in [0.15, 0.2) is 36.0 Å². The highest BCUT2D eigenvalue weighted by molar-refractivity contribution is 6.01. The van der Waals surface area contributed by atoms with Crippen molar-refractivity contribution >= 4 is 11.6 Å². The SMILES string of the molecule is CC(=O)C1(O)CCC2C3C=CC4=CC(=O)C=CC4(C)C3CCC21C. The second-order valence-electron chi connectivity index (χ2n) is 8.68. The molecule has 0 radical (unpaired) electrons. The van der Waals surface area contributed by atoms with Gasteiger partial charge in [-0.05, 0) is 68.1 Å². The predicted octanol–water partition coefficient (Wildman–Crippen LogP) is 3.39. The van der Waals surface area contributed by atoms with Crippen LogP contribution in [0.2, 0.25) is 0 Å². The van der Waals surface area contributed by atoms with Crippen molar-refractivity contribution in [3.8, 4) is 0 Å². The maximum atomic E-state index is 12.2. The molecule has 4 rings (SSSR count). The summed E-state index contributed by atoms with van der Waals surface area (Å²) in [6, 6.07) is 0. The first-order valence-electron chi connectivity index (χ1n) is 9.09. The zero-order valence-corrected chi connectivity index (χ0v) is 14.7. The van der Waals surface area contributed by atoms with Crippen molar-refractivity contribution in [1.29, 1.82) is 0 Å². The summed E-state index contributed by atoms with van der Waals surface area (Å²) in [5.74, 6) is 1.10. The molecule has 2 saturated carbocycles. The standard InChI is InChI=1S/C21H26O3/c1-13(22)21(24)11-8-18-16-5-4-14-12-15(23)6-9-19(14,2)17(16)7-10-20(18,21)3/h4-6,9,12,16-18,24H,7-8,10-11H2,1-3H3. The van der Waals surface area contributed by atoms with E-state index in [1.807, 2.05) is 0 Å². The number of rotatable bonds is 1. The zero-order valence-electron chi connectivity index (χ0n) is 14.7. The Labute approximate surface area is 143 Å². The van der Waals surface area contributed by atoms with Crippen LogP contribution < -0.4 is 0 Å². The van der Waals surface area contributed by atoms with Crippen molar-refractivity contribution in [2.45, 2.75) is 52.1 Å². The zero-order chi connectivity index (χ0) is 17.3. The number of hydrogen-bond acceptors (Lipinski definition) is 3. The summed E-state index contributed by atoms with van der Waals surface area (Å²) in [5.41, 5.74) is -0.507. The van der Waals surface area contributed by atoms with Crippen molar-refractivity contribution in [3.63, 3.8) is 0 Å². The van der Waals surface area contributed by atoms with Gasteiger partial charge in [-0.1, -0.05) is 32.1 Å². The van der Waals surface area contributed by atoms with Crippen LogP contribution in [0.25, 0.3) is 0 Å². The fourth-order valence-electron chi connectivity index (χ4n) is 6.25. The van der Waals surface area contributed by atoms with Gasteiger partial charge in [0.1, 0.15) is 5.60 Å². The minimum atomic E-state index is -1.17. The number of carbonyl (C=O) groups excluding carboxylic acids is 2. The highest BCUT2D eigenvalue weighted by Crippen LogP contribution is 2.65. The lowest BCUT2D eigenvalue weighted by Crippen LogP contribution is -2.56. The van der Waals surface area contributed by atoms with Crippen molar-refractivity contribution < 1.29 is 14.7 Å². The van der Waals surface area contributed by atoms with Gasteiger partial charge in [0.15, 0.2) is 11.6 Å². The topological polar surface area (TPSA) is 54.4 Å². The molecule has 3 nitrogen and oxygen atoms in total. The number of hydrogen-bond donors (Lipinski definition) is 1. The summed E-state index contributed by atoms with van der Waals surface area (Å²) >= 11 is 0. The van der Waals surface area contributed by atoms with E-state index in [4.69, 9.17) is 0 Å². The number of Topliss-reactive ketones (excluding diaryl/α,β-unsaturated/α-hetero) is 1. The third kappa shape index (κ3) is 1.77. The lowest BCUT2D eigenvalue weighted by molar-refractivity contribution is -0.155. The molecule has 6 unspecified atom stereocenters. The third-order valence-electron chi connectivity index (χ3n) is 7.85. The summed E-state index contributed by atoms with van der Waals surface area (Å²) in [6.45, 7) is 5.88. The number of aliphatic hydroxyl groups is 1. The summed E-state index contributed by atoms with van der Waals surface area (Å²) in [6.07, 6.45) is 13.2. The number of fused-ring (bicyclic) bond motifs is 5. The van der Waals surface area contributed by atoms with Gasteiger partial charge in [0.05, 0.1) is 0 Å². The van der Waals surface area contributed by atoms with Gasteiger partial charge >= 0.3 is 0 Å². The highest BCUT2D eigenvalue weighted by Gasteiger charge is 2.64. The van der Waals surface area contributed by atoms with Crippen molar-refractivity contribution in [2.24, 2.45) is 28.6 Å². The predicted molar refractivity (Wildman–Crippen MR) is 92.2 cm³/mol. The van der Waals surface area contributed by atoms with E-state index in [0.29, 0.717) is 24.2 Å². The fraction of sp³-hybridized carbons (Fsp3) is 0.619. The van der Waals surface area contributed by atoms with Crippen LogP contribution in [0.1, 0.15) is 46.5 Å². The Hall–Kier alpha value is -1.48. The largest absolute Gasteiger partial charge is 0.382 e. The molecule has 1 N–H and O–H groups in total.